The zero-order valence-corrected chi connectivity index (χ0v) is 16.3. The van der Waals surface area contributed by atoms with Crippen LogP contribution in [0, 0.1) is 0 Å². The van der Waals surface area contributed by atoms with Crippen LogP contribution in [0.5, 0.6) is 0 Å². The van der Waals surface area contributed by atoms with Gasteiger partial charge in [-0.3, -0.25) is 9.89 Å². The Bertz CT molecular complexity index is 1220. The van der Waals surface area contributed by atoms with Crippen LogP contribution in [0.1, 0.15) is 27.2 Å². The van der Waals surface area contributed by atoms with Crippen LogP contribution in [0.15, 0.2) is 84.0 Å². The van der Waals surface area contributed by atoms with E-state index >= 15 is 0 Å². The van der Waals surface area contributed by atoms with E-state index in [-0.39, 0.29) is 5.91 Å². The molecule has 0 atom stereocenters. The van der Waals surface area contributed by atoms with E-state index in [1.807, 2.05) is 60.7 Å². The number of nitrogens with one attached hydrogen (secondary N) is 2. The number of aromatic nitrogens is 2. The first-order valence-electron chi connectivity index (χ1n) is 9.94. The fourth-order valence-electron chi connectivity index (χ4n) is 3.86. The number of aryl methyl sites for hydroxylation is 1. The Hall–Kier alpha value is -3.99. The van der Waals surface area contributed by atoms with Crippen molar-refractivity contribution in [2.24, 2.45) is 5.10 Å². The molecular formula is C25H20N4O. The number of benzene rings is 3. The van der Waals surface area contributed by atoms with Crippen molar-refractivity contribution in [3.05, 3.63) is 101 Å². The van der Waals surface area contributed by atoms with Gasteiger partial charge in [0.25, 0.3) is 5.91 Å². The van der Waals surface area contributed by atoms with Gasteiger partial charge in [0.05, 0.1) is 11.9 Å². The number of carbonyl (C=O) groups excluding carboxylic acids is 1. The molecule has 0 unspecified atom stereocenters. The average Bonchev–Trinajstić information content (AvgIpc) is 3.25. The Balaban J connectivity index is 1.28. The zero-order chi connectivity index (χ0) is 20.3. The molecule has 5 nitrogen and oxygen atoms in total. The summed E-state index contributed by atoms with van der Waals surface area (Å²) >= 11 is 0. The number of hydrogen-bond acceptors (Lipinski definition) is 3. The first kappa shape index (κ1) is 18.1. The van der Waals surface area contributed by atoms with Gasteiger partial charge in [0, 0.05) is 11.1 Å². The Kier molecular flexibility index (Phi) is 4.69. The van der Waals surface area contributed by atoms with Gasteiger partial charge in [0.1, 0.15) is 5.69 Å². The van der Waals surface area contributed by atoms with Crippen LogP contribution in [0.4, 0.5) is 0 Å². The van der Waals surface area contributed by atoms with Crippen molar-refractivity contribution in [2.45, 2.75) is 12.8 Å². The quantitative estimate of drug-likeness (QED) is 0.393. The van der Waals surface area contributed by atoms with Crippen LogP contribution in [0.3, 0.4) is 0 Å². The molecule has 1 heterocycles. The number of fused-ring (bicyclic) bond motifs is 3. The number of rotatable bonds is 4. The van der Waals surface area contributed by atoms with E-state index in [9.17, 15) is 4.79 Å². The number of amides is 1. The minimum Gasteiger partial charge on any atom is -0.272 e. The maximum absolute atomic E-state index is 12.6. The van der Waals surface area contributed by atoms with Crippen LogP contribution < -0.4 is 5.43 Å². The predicted octanol–water partition coefficient (Wildman–Crippen LogP) is 4.61. The Morgan fingerprint density at radius 3 is 2.47 bits per heavy atom. The minimum atomic E-state index is -0.278. The fourth-order valence-corrected chi connectivity index (χ4v) is 3.86. The maximum Gasteiger partial charge on any atom is 0.289 e. The molecular weight excluding hydrogens is 372 g/mol. The summed E-state index contributed by atoms with van der Waals surface area (Å²) in [7, 11) is 0. The highest BCUT2D eigenvalue weighted by molar-refractivity contribution is 5.96. The summed E-state index contributed by atoms with van der Waals surface area (Å²) in [5, 5.41) is 11.4. The topological polar surface area (TPSA) is 70.1 Å². The molecule has 1 aliphatic carbocycles. The number of hydrazone groups is 1. The van der Waals surface area contributed by atoms with Crippen molar-refractivity contribution < 1.29 is 4.79 Å². The molecule has 0 fully saturated rings. The largest absolute Gasteiger partial charge is 0.289 e. The van der Waals surface area contributed by atoms with Crippen LogP contribution in [0.25, 0.3) is 22.4 Å². The molecule has 30 heavy (non-hydrogen) atoms. The van der Waals surface area contributed by atoms with E-state index in [0.717, 1.165) is 40.8 Å². The highest BCUT2D eigenvalue weighted by Gasteiger charge is 2.24. The van der Waals surface area contributed by atoms with Gasteiger partial charge in [-0.25, -0.2) is 5.43 Å². The molecule has 3 aromatic carbocycles. The van der Waals surface area contributed by atoms with Crippen molar-refractivity contribution in [3.63, 3.8) is 0 Å². The molecule has 0 spiro atoms. The van der Waals surface area contributed by atoms with E-state index in [1.54, 1.807) is 6.21 Å². The van der Waals surface area contributed by atoms with Gasteiger partial charge in [0.15, 0.2) is 0 Å². The second kappa shape index (κ2) is 7.79. The second-order valence-electron chi connectivity index (χ2n) is 7.27. The molecule has 0 aliphatic heterocycles. The molecule has 1 aromatic heterocycles. The lowest BCUT2D eigenvalue weighted by molar-refractivity contribution is 0.0949. The van der Waals surface area contributed by atoms with Crippen molar-refractivity contribution in [3.8, 4) is 22.4 Å². The Morgan fingerprint density at radius 1 is 0.900 bits per heavy atom. The van der Waals surface area contributed by atoms with E-state index in [1.165, 1.54) is 11.1 Å². The van der Waals surface area contributed by atoms with Crippen molar-refractivity contribution in [1.29, 1.82) is 0 Å². The summed E-state index contributed by atoms with van der Waals surface area (Å²) < 4.78 is 0. The van der Waals surface area contributed by atoms with E-state index in [2.05, 4.69) is 38.9 Å². The fraction of sp³-hybridized carbons (Fsp3) is 0.0800. The molecule has 146 valence electrons. The summed E-state index contributed by atoms with van der Waals surface area (Å²) in [6, 6.07) is 26.4. The zero-order valence-electron chi connectivity index (χ0n) is 16.3. The highest BCUT2D eigenvalue weighted by Crippen LogP contribution is 2.33. The van der Waals surface area contributed by atoms with Gasteiger partial charge < -0.3 is 0 Å². The summed E-state index contributed by atoms with van der Waals surface area (Å²) in [6.45, 7) is 0. The van der Waals surface area contributed by atoms with Gasteiger partial charge in [-0.15, -0.1) is 0 Å². The van der Waals surface area contributed by atoms with Crippen LogP contribution in [-0.4, -0.2) is 22.3 Å². The number of carbonyl (C=O) groups is 1. The van der Waals surface area contributed by atoms with Gasteiger partial charge >= 0.3 is 0 Å². The first-order chi connectivity index (χ1) is 14.8. The van der Waals surface area contributed by atoms with Crippen LogP contribution in [-0.2, 0) is 12.8 Å². The monoisotopic (exact) mass is 392 g/mol. The third kappa shape index (κ3) is 3.42. The minimum absolute atomic E-state index is 0.278. The summed E-state index contributed by atoms with van der Waals surface area (Å²) in [4.78, 5) is 12.6. The van der Waals surface area contributed by atoms with Crippen molar-refractivity contribution >= 4 is 12.1 Å². The molecule has 1 amide bonds. The molecule has 5 heteroatoms. The normalized spacial score (nSPS) is 12.4. The molecule has 0 saturated carbocycles. The predicted molar refractivity (Wildman–Crippen MR) is 118 cm³/mol. The van der Waals surface area contributed by atoms with Gasteiger partial charge in [-0.2, -0.15) is 10.2 Å². The van der Waals surface area contributed by atoms with Crippen molar-refractivity contribution in [1.82, 2.24) is 15.6 Å². The Labute approximate surface area is 174 Å². The van der Waals surface area contributed by atoms with E-state index < -0.39 is 0 Å². The second-order valence-corrected chi connectivity index (χ2v) is 7.27. The lowest BCUT2D eigenvalue weighted by Crippen LogP contribution is -2.20. The average molecular weight is 392 g/mol. The smallest absolute Gasteiger partial charge is 0.272 e. The molecule has 5 rings (SSSR count). The van der Waals surface area contributed by atoms with Crippen molar-refractivity contribution in [2.75, 3.05) is 0 Å². The summed E-state index contributed by atoms with van der Waals surface area (Å²) in [5.41, 5.74) is 10.5. The molecule has 0 radical (unpaired) electrons. The van der Waals surface area contributed by atoms with E-state index in [0.29, 0.717) is 5.69 Å². The summed E-state index contributed by atoms with van der Waals surface area (Å²) in [5.74, 6) is -0.278. The molecule has 0 bridgehead atoms. The Morgan fingerprint density at radius 2 is 1.63 bits per heavy atom. The SMILES string of the molecule is O=C(N/N=C/c1ccc(-c2ccccc2)cc1)c1[nH]nc2c1CCc1ccccc1-2. The standard InChI is InChI=1S/C25H20N4O/c30-25(24-22-15-14-20-8-4-5-9-21(20)23(22)27-28-24)29-26-16-17-10-12-19(13-11-17)18-6-2-1-3-7-18/h1-13,16H,14-15H2,(H,27,28)(H,29,30)/b26-16+. The third-order valence-corrected chi connectivity index (χ3v) is 5.41. The molecule has 1 aliphatic rings. The number of hydrogen-bond donors (Lipinski definition) is 2. The van der Waals surface area contributed by atoms with Crippen LogP contribution >= 0.6 is 0 Å². The maximum atomic E-state index is 12.6. The van der Waals surface area contributed by atoms with Gasteiger partial charge in [0.2, 0.25) is 0 Å². The molecule has 4 aromatic rings. The third-order valence-electron chi connectivity index (χ3n) is 5.41. The number of nitrogens with zero attached hydrogens (tertiary/aromatic N) is 2. The number of aromatic amines is 1. The number of H-pyrrole nitrogens is 1. The lowest BCUT2D eigenvalue weighted by atomic mass is 9.89. The van der Waals surface area contributed by atoms with Crippen LogP contribution in [0.2, 0.25) is 0 Å². The lowest BCUT2D eigenvalue weighted by Gasteiger charge is -2.15. The van der Waals surface area contributed by atoms with Gasteiger partial charge in [-0.05, 0) is 35.1 Å². The first-order valence-corrected chi connectivity index (χ1v) is 9.94. The highest BCUT2D eigenvalue weighted by atomic mass is 16.2. The van der Waals surface area contributed by atoms with E-state index in [4.69, 9.17) is 0 Å². The molecule has 2 N–H and O–H groups in total. The van der Waals surface area contributed by atoms with Gasteiger partial charge in [-0.1, -0.05) is 78.9 Å². The summed E-state index contributed by atoms with van der Waals surface area (Å²) in [6.07, 6.45) is 3.33. The molecule has 0 saturated heterocycles.